The normalized spacial score (nSPS) is 18.0. The summed E-state index contributed by atoms with van der Waals surface area (Å²) in [7, 11) is 3.48. The topological polar surface area (TPSA) is 71.2 Å². The van der Waals surface area contributed by atoms with Gasteiger partial charge in [0.2, 0.25) is 0 Å². The summed E-state index contributed by atoms with van der Waals surface area (Å²) in [4.78, 5) is 18.5. The van der Waals surface area contributed by atoms with Crippen LogP contribution in [0.5, 0.6) is 0 Å². The van der Waals surface area contributed by atoms with Crippen molar-refractivity contribution in [2.45, 2.75) is 6.04 Å². The van der Waals surface area contributed by atoms with Gasteiger partial charge in [-0.15, -0.1) is 0 Å². The van der Waals surface area contributed by atoms with Crippen molar-refractivity contribution in [3.63, 3.8) is 0 Å². The molecule has 0 saturated heterocycles. The standard InChI is InChI=1S/C18H16N4O2/c1-21-16(14-9-10-19-22(14)2)15(17(23)18(21)24)13-8-7-11-5-3-4-6-12(11)20-13/h3-10,16,23H,1-2H3. The van der Waals surface area contributed by atoms with Crippen LogP contribution in [-0.4, -0.2) is 37.7 Å². The maximum Gasteiger partial charge on any atom is 0.289 e. The first-order chi connectivity index (χ1) is 11.6. The Labute approximate surface area is 138 Å². The number of amides is 1. The number of fused-ring (bicyclic) bond motifs is 1. The molecule has 0 bridgehead atoms. The van der Waals surface area contributed by atoms with Crippen LogP contribution in [0.2, 0.25) is 0 Å². The van der Waals surface area contributed by atoms with E-state index < -0.39 is 11.9 Å². The monoisotopic (exact) mass is 320 g/mol. The number of pyridine rings is 1. The van der Waals surface area contributed by atoms with Crippen LogP contribution >= 0.6 is 0 Å². The molecule has 3 heterocycles. The second kappa shape index (κ2) is 5.19. The Balaban J connectivity index is 1.92. The molecule has 1 unspecified atom stereocenters. The Morgan fingerprint density at radius 2 is 1.88 bits per heavy atom. The van der Waals surface area contributed by atoms with Crippen LogP contribution in [-0.2, 0) is 11.8 Å². The summed E-state index contributed by atoms with van der Waals surface area (Å²) in [5, 5.41) is 15.6. The highest BCUT2D eigenvalue weighted by Crippen LogP contribution is 2.41. The lowest BCUT2D eigenvalue weighted by Gasteiger charge is -2.22. The number of aliphatic hydroxyl groups is 1. The number of rotatable bonds is 2. The third kappa shape index (κ3) is 2.00. The van der Waals surface area contributed by atoms with E-state index in [4.69, 9.17) is 0 Å². The summed E-state index contributed by atoms with van der Waals surface area (Å²) in [6, 6.07) is 13.0. The van der Waals surface area contributed by atoms with E-state index in [0.29, 0.717) is 11.3 Å². The number of benzene rings is 1. The molecule has 1 atom stereocenters. The molecule has 3 aromatic rings. The lowest BCUT2D eigenvalue weighted by atomic mass is 10.0. The second-order valence-electron chi connectivity index (χ2n) is 5.85. The molecule has 1 aromatic carbocycles. The van der Waals surface area contributed by atoms with Crippen molar-refractivity contribution in [3.05, 3.63) is 65.8 Å². The molecule has 2 aromatic heterocycles. The van der Waals surface area contributed by atoms with Crippen LogP contribution in [0.15, 0.2) is 54.4 Å². The number of nitrogens with zero attached hydrogens (tertiary/aromatic N) is 4. The van der Waals surface area contributed by atoms with Gasteiger partial charge in [0.25, 0.3) is 5.91 Å². The van der Waals surface area contributed by atoms with E-state index in [0.717, 1.165) is 16.6 Å². The fourth-order valence-corrected chi connectivity index (χ4v) is 3.20. The molecule has 1 N–H and O–H groups in total. The highest BCUT2D eigenvalue weighted by molar-refractivity contribution is 6.05. The number of carbonyl (C=O) groups excluding carboxylic acids is 1. The zero-order chi connectivity index (χ0) is 16.8. The average molecular weight is 320 g/mol. The zero-order valence-electron chi connectivity index (χ0n) is 13.3. The lowest BCUT2D eigenvalue weighted by Crippen LogP contribution is -2.27. The van der Waals surface area contributed by atoms with Gasteiger partial charge in [0.15, 0.2) is 5.76 Å². The molecule has 1 aliphatic heterocycles. The highest BCUT2D eigenvalue weighted by Gasteiger charge is 2.40. The Kier molecular flexibility index (Phi) is 3.13. The Morgan fingerprint density at radius 3 is 2.62 bits per heavy atom. The van der Waals surface area contributed by atoms with Crippen molar-refractivity contribution in [3.8, 4) is 0 Å². The van der Waals surface area contributed by atoms with Crippen LogP contribution in [0.4, 0.5) is 0 Å². The van der Waals surface area contributed by atoms with Gasteiger partial charge in [-0.1, -0.05) is 24.3 Å². The summed E-state index contributed by atoms with van der Waals surface area (Å²) < 4.78 is 1.70. The van der Waals surface area contributed by atoms with Gasteiger partial charge in [0.1, 0.15) is 6.04 Å². The predicted molar refractivity (Wildman–Crippen MR) is 90.0 cm³/mol. The van der Waals surface area contributed by atoms with E-state index in [1.165, 1.54) is 4.90 Å². The summed E-state index contributed by atoms with van der Waals surface area (Å²) in [5.41, 5.74) is 2.74. The fraction of sp³-hybridized carbons (Fsp3) is 0.167. The first kappa shape index (κ1) is 14.4. The van der Waals surface area contributed by atoms with Crippen molar-refractivity contribution in [1.29, 1.82) is 0 Å². The largest absolute Gasteiger partial charge is 0.503 e. The molecule has 120 valence electrons. The van der Waals surface area contributed by atoms with Crippen LogP contribution < -0.4 is 0 Å². The number of aliphatic hydroxyl groups excluding tert-OH is 1. The van der Waals surface area contributed by atoms with Gasteiger partial charge < -0.3 is 10.0 Å². The lowest BCUT2D eigenvalue weighted by molar-refractivity contribution is -0.128. The SMILES string of the molecule is CN1C(=O)C(O)=C(c2ccc3ccccc3n2)C1c1ccnn1C. The predicted octanol–water partition coefficient (Wildman–Crippen LogP) is 2.45. The average Bonchev–Trinajstić information content (AvgIpc) is 3.11. The third-order valence-corrected chi connectivity index (χ3v) is 4.45. The molecule has 4 rings (SSSR count). The van der Waals surface area contributed by atoms with Crippen LogP contribution in [0.3, 0.4) is 0 Å². The molecule has 24 heavy (non-hydrogen) atoms. The van der Waals surface area contributed by atoms with E-state index in [-0.39, 0.29) is 5.76 Å². The molecule has 1 amide bonds. The Morgan fingerprint density at radius 1 is 1.08 bits per heavy atom. The van der Waals surface area contributed by atoms with Gasteiger partial charge in [-0.25, -0.2) is 4.98 Å². The van der Waals surface area contributed by atoms with Gasteiger partial charge in [-0.05, 0) is 18.2 Å². The van der Waals surface area contributed by atoms with Gasteiger partial charge in [0, 0.05) is 25.7 Å². The zero-order valence-corrected chi connectivity index (χ0v) is 13.3. The molecule has 0 aliphatic carbocycles. The minimum Gasteiger partial charge on any atom is -0.503 e. The van der Waals surface area contributed by atoms with E-state index >= 15 is 0 Å². The van der Waals surface area contributed by atoms with Gasteiger partial charge in [-0.2, -0.15) is 5.10 Å². The van der Waals surface area contributed by atoms with E-state index in [2.05, 4.69) is 10.1 Å². The molecule has 1 aliphatic rings. The number of aromatic nitrogens is 3. The van der Waals surface area contributed by atoms with Crippen molar-refractivity contribution >= 4 is 22.4 Å². The van der Waals surface area contributed by atoms with Gasteiger partial charge in [0.05, 0.1) is 22.5 Å². The van der Waals surface area contributed by atoms with Crippen LogP contribution in [0.25, 0.3) is 16.5 Å². The van der Waals surface area contributed by atoms with E-state index in [9.17, 15) is 9.90 Å². The van der Waals surface area contributed by atoms with Crippen molar-refractivity contribution < 1.29 is 9.90 Å². The number of aryl methyl sites for hydroxylation is 1. The first-order valence-corrected chi connectivity index (χ1v) is 7.62. The molecular formula is C18H16N4O2. The molecular weight excluding hydrogens is 304 g/mol. The molecule has 6 nitrogen and oxygen atoms in total. The Hall–Kier alpha value is -3.15. The summed E-state index contributed by atoms with van der Waals surface area (Å²) >= 11 is 0. The maximum absolute atomic E-state index is 12.3. The van der Waals surface area contributed by atoms with Gasteiger partial charge >= 0.3 is 0 Å². The second-order valence-corrected chi connectivity index (χ2v) is 5.85. The van der Waals surface area contributed by atoms with Crippen molar-refractivity contribution in [2.24, 2.45) is 7.05 Å². The smallest absolute Gasteiger partial charge is 0.289 e. The van der Waals surface area contributed by atoms with Crippen molar-refractivity contribution in [2.75, 3.05) is 7.05 Å². The van der Waals surface area contributed by atoms with Gasteiger partial charge in [-0.3, -0.25) is 9.48 Å². The molecule has 0 fully saturated rings. The number of para-hydroxylation sites is 1. The fourth-order valence-electron chi connectivity index (χ4n) is 3.20. The van der Waals surface area contributed by atoms with E-state index in [1.807, 2.05) is 49.5 Å². The number of likely N-dealkylation sites (N-methyl/N-ethyl adjacent to an activating group) is 1. The Bertz CT molecular complexity index is 989. The third-order valence-electron chi connectivity index (χ3n) is 4.45. The van der Waals surface area contributed by atoms with E-state index in [1.54, 1.807) is 17.9 Å². The quantitative estimate of drug-likeness (QED) is 0.787. The summed E-state index contributed by atoms with van der Waals surface area (Å²) in [6.45, 7) is 0. The molecule has 0 radical (unpaired) electrons. The van der Waals surface area contributed by atoms with Crippen molar-refractivity contribution in [1.82, 2.24) is 19.7 Å². The van der Waals surface area contributed by atoms with Crippen LogP contribution in [0.1, 0.15) is 17.4 Å². The van der Waals surface area contributed by atoms with Crippen LogP contribution in [0, 0.1) is 0 Å². The molecule has 0 spiro atoms. The maximum atomic E-state index is 12.3. The minimum absolute atomic E-state index is 0.258. The minimum atomic E-state index is -0.418. The first-order valence-electron chi connectivity index (χ1n) is 7.62. The molecule has 0 saturated carbocycles. The number of carbonyl (C=O) groups is 1. The summed E-state index contributed by atoms with van der Waals surface area (Å²) in [6.07, 6.45) is 1.68. The number of hydrogen-bond acceptors (Lipinski definition) is 4. The highest BCUT2D eigenvalue weighted by atomic mass is 16.3. The number of hydrogen-bond donors (Lipinski definition) is 1. The molecule has 6 heteroatoms. The summed E-state index contributed by atoms with van der Waals surface area (Å²) in [5.74, 6) is -0.669.